The van der Waals surface area contributed by atoms with Crippen LogP contribution in [0.3, 0.4) is 0 Å². The topological polar surface area (TPSA) is 69.4 Å². The summed E-state index contributed by atoms with van der Waals surface area (Å²) < 4.78 is 28.3. The van der Waals surface area contributed by atoms with Gasteiger partial charge in [0.2, 0.25) is 0 Å². The van der Waals surface area contributed by atoms with Crippen molar-refractivity contribution >= 4 is 9.84 Å². The standard InChI is InChI=1S/C10H21NO3S/c1-3-14-8-10(7-11)5-4-9(6-10)15(2,12)13/h9H,3-8,11H2,1-2H3/t9-,10+/m0/s1. The maximum Gasteiger partial charge on any atom is 0.150 e. The molecule has 0 aromatic rings. The lowest BCUT2D eigenvalue weighted by atomic mass is 9.87. The van der Waals surface area contributed by atoms with Crippen molar-refractivity contribution in [1.82, 2.24) is 0 Å². The minimum Gasteiger partial charge on any atom is -0.381 e. The Labute approximate surface area is 92.1 Å². The minimum atomic E-state index is -2.92. The number of ether oxygens (including phenoxy) is 1. The molecule has 0 bridgehead atoms. The van der Waals surface area contributed by atoms with Crippen molar-refractivity contribution in [3.63, 3.8) is 0 Å². The van der Waals surface area contributed by atoms with Crippen LogP contribution in [-0.2, 0) is 14.6 Å². The van der Waals surface area contributed by atoms with Gasteiger partial charge in [-0.05, 0) is 26.2 Å². The van der Waals surface area contributed by atoms with E-state index < -0.39 is 9.84 Å². The van der Waals surface area contributed by atoms with Crippen LogP contribution in [0.2, 0.25) is 0 Å². The van der Waals surface area contributed by atoms with Crippen molar-refractivity contribution in [2.45, 2.75) is 31.4 Å². The van der Waals surface area contributed by atoms with Crippen molar-refractivity contribution in [3.8, 4) is 0 Å². The van der Waals surface area contributed by atoms with E-state index in [0.29, 0.717) is 26.2 Å². The second-order valence-electron chi connectivity index (χ2n) is 4.54. The number of nitrogens with two attached hydrogens (primary N) is 1. The Hall–Kier alpha value is -0.130. The van der Waals surface area contributed by atoms with E-state index in [-0.39, 0.29) is 10.7 Å². The maximum atomic E-state index is 11.4. The molecule has 0 heterocycles. The maximum absolute atomic E-state index is 11.4. The van der Waals surface area contributed by atoms with Crippen molar-refractivity contribution in [2.24, 2.45) is 11.1 Å². The zero-order valence-electron chi connectivity index (χ0n) is 9.53. The molecular formula is C10H21NO3S. The van der Waals surface area contributed by atoms with Crippen LogP contribution in [0.5, 0.6) is 0 Å². The molecule has 1 aliphatic carbocycles. The predicted molar refractivity (Wildman–Crippen MR) is 60.5 cm³/mol. The molecule has 0 amide bonds. The van der Waals surface area contributed by atoms with Crippen LogP contribution < -0.4 is 5.73 Å². The van der Waals surface area contributed by atoms with Gasteiger partial charge >= 0.3 is 0 Å². The largest absolute Gasteiger partial charge is 0.381 e. The van der Waals surface area contributed by atoms with Crippen LogP contribution in [-0.4, -0.2) is 39.7 Å². The van der Waals surface area contributed by atoms with E-state index in [4.69, 9.17) is 10.5 Å². The van der Waals surface area contributed by atoms with E-state index >= 15 is 0 Å². The smallest absolute Gasteiger partial charge is 0.150 e. The van der Waals surface area contributed by atoms with Crippen LogP contribution in [0, 0.1) is 5.41 Å². The van der Waals surface area contributed by atoms with Crippen LogP contribution in [0.25, 0.3) is 0 Å². The minimum absolute atomic E-state index is 0.107. The van der Waals surface area contributed by atoms with E-state index in [1.165, 1.54) is 6.26 Å². The summed E-state index contributed by atoms with van der Waals surface area (Å²) in [7, 11) is -2.92. The highest BCUT2D eigenvalue weighted by molar-refractivity contribution is 7.91. The highest BCUT2D eigenvalue weighted by atomic mass is 32.2. The third kappa shape index (κ3) is 3.16. The van der Waals surface area contributed by atoms with Crippen LogP contribution in [0.15, 0.2) is 0 Å². The highest BCUT2D eigenvalue weighted by Crippen LogP contribution is 2.40. The fourth-order valence-corrected chi connectivity index (χ4v) is 3.42. The summed E-state index contributed by atoms with van der Waals surface area (Å²) >= 11 is 0. The summed E-state index contributed by atoms with van der Waals surface area (Å²) in [5, 5.41) is -0.221. The molecular weight excluding hydrogens is 214 g/mol. The van der Waals surface area contributed by atoms with Crippen molar-refractivity contribution in [1.29, 1.82) is 0 Å². The molecule has 0 saturated heterocycles. The Balaban J connectivity index is 2.65. The second kappa shape index (κ2) is 4.80. The van der Waals surface area contributed by atoms with Crippen molar-refractivity contribution < 1.29 is 13.2 Å². The van der Waals surface area contributed by atoms with Gasteiger partial charge in [-0.3, -0.25) is 0 Å². The first-order chi connectivity index (χ1) is 6.93. The van der Waals surface area contributed by atoms with E-state index in [0.717, 1.165) is 12.8 Å². The lowest BCUT2D eigenvalue weighted by Gasteiger charge is -2.26. The predicted octanol–water partition coefficient (Wildman–Crippen LogP) is 0.565. The molecule has 0 aromatic carbocycles. The Kier molecular flexibility index (Phi) is 4.14. The summed E-state index contributed by atoms with van der Waals surface area (Å²) in [6, 6.07) is 0. The van der Waals surface area contributed by atoms with E-state index in [9.17, 15) is 8.42 Å². The number of hydrogen-bond donors (Lipinski definition) is 1. The van der Waals surface area contributed by atoms with Gasteiger partial charge in [0, 0.05) is 24.8 Å². The van der Waals surface area contributed by atoms with Gasteiger partial charge in [-0.1, -0.05) is 0 Å². The van der Waals surface area contributed by atoms with Gasteiger partial charge in [0.05, 0.1) is 11.9 Å². The SMILES string of the molecule is CCOC[C@]1(CN)CC[C@H](S(C)(=O)=O)C1. The van der Waals surface area contributed by atoms with Gasteiger partial charge in [0.1, 0.15) is 9.84 Å². The molecule has 15 heavy (non-hydrogen) atoms. The molecule has 4 nitrogen and oxygen atoms in total. The first kappa shape index (κ1) is 12.9. The lowest BCUT2D eigenvalue weighted by molar-refractivity contribution is 0.0589. The van der Waals surface area contributed by atoms with Gasteiger partial charge < -0.3 is 10.5 Å². The summed E-state index contributed by atoms with van der Waals surface area (Å²) in [6.45, 7) is 3.70. The van der Waals surface area contributed by atoms with Gasteiger partial charge in [0.25, 0.3) is 0 Å². The third-order valence-corrected chi connectivity index (χ3v) is 4.92. The zero-order valence-corrected chi connectivity index (χ0v) is 10.3. The number of hydrogen-bond acceptors (Lipinski definition) is 4. The molecule has 0 aromatic heterocycles. The fourth-order valence-electron chi connectivity index (χ4n) is 2.21. The van der Waals surface area contributed by atoms with Crippen LogP contribution >= 0.6 is 0 Å². The molecule has 0 unspecified atom stereocenters. The molecule has 0 aliphatic heterocycles. The zero-order chi connectivity index (χ0) is 11.5. The van der Waals surface area contributed by atoms with Crippen LogP contribution in [0.4, 0.5) is 0 Å². The third-order valence-electron chi connectivity index (χ3n) is 3.31. The van der Waals surface area contributed by atoms with Crippen molar-refractivity contribution in [2.75, 3.05) is 26.0 Å². The molecule has 1 saturated carbocycles. The van der Waals surface area contributed by atoms with Gasteiger partial charge in [-0.25, -0.2) is 8.42 Å². The first-order valence-corrected chi connectivity index (χ1v) is 7.36. The normalized spacial score (nSPS) is 32.1. The Morgan fingerprint density at radius 3 is 2.60 bits per heavy atom. The molecule has 90 valence electrons. The second-order valence-corrected chi connectivity index (χ2v) is 6.86. The van der Waals surface area contributed by atoms with Gasteiger partial charge in [-0.15, -0.1) is 0 Å². The molecule has 0 radical (unpaired) electrons. The Morgan fingerprint density at radius 1 is 1.53 bits per heavy atom. The summed E-state index contributed by atoms with van der Waals surface area (Å²) in [5.74, 6) is 0. The first-order valence-electron chi connectivity index (χ1n) is 5.40. The summed E-state index contributed by atoms with van der Waals surface area (Å²) in [6.07, 6.45) is 3.55. The Bertz CT molecular complexity index is 302. The van der Waals surface area contributed by atoms with E-state index in [1.54, 1.807) is 0 Å². The molecule has 1 fully saturated rings. The quantitative estimate of drug-likeness (QED) is 0.756. The van der Waals surface area contributed by atoms with E-state index in [1.807, 2.05) is 6.92 Å². The number of rotatable bonds is 5. The molecule has 0 spiro atoms. The lowest BCUT2D eigenvalue weighted by Crippen LogP contribution is -2.34. The van der Waals surface area contributed by atoms with Gasteiger partial charge in [-0.2, -0.15) is 0 Å². The Morgan fingerprint density at radius 2 is 2.20 bits per heavy atom. The highest BCUT2D eigenvalue weighted by Gasteiger charge is 2.42. The molecule has 1 rings (SSSR count). The molecule has 5 heteroatoms. The summed E-state index contributed by atoms with van der Waals surface area (Å²) in [4.78, 5) is 0. The monoisotopic (exact) mass is 235 g/mol. The molecule has 1 aliphatic rings. The molecule has 2 N–H and O–H groups in total. The van der Waals surface area contributed by atoms with E-state index in [2.05, 4.69) is 0 Å². The average molecular weight is 235 g/mol. The summed E-state index contributed by atoms with van der Waals surface area (Å²) in [5.41, 5.74) is 5.63. The molecule has 2 atom stereocenters. The van der Waals surface area contributed by atoms with Crippen LogP contribution in [0.1, 0.15) is 26.2 Å². The average Bonchev–Trinajstić information content (AvgIpc) is 2.59. The fraction of sp³-hybridized carbons (Fsp3) is 1.00. The number of sulfone groups is 1. The van der Waals surface area contributed by atoms with Gasteiger partial charge in [0.15, 0.2) is 0 Å². The van der Waals surface area contributed by atoms with Crippen molar-refractivity contribution in [3.05, 3.63) is 0 Å².